The van der Waals surface area contributed by atoms with Gasteiger partial charge in [0.15, 0.2) is 4.96 Å². The van der Waals surface area contributed by atoms with Crippen molar-refractivity contribution in [2.24, 2.45) is 0 Å². The Morgan fingerprint density at radius 3 is 2.60 bits per heavy atom. The SMILES string of the molecule is Cc1c(/C=C/c2cccnc2)nc2scc(-c3cccnc3)n2c1=O. The normalized spacial score (nSPS) is 11.4. The quantitative estimate of drug-likeness (QED) is 0.568. The molecule has 25 heavy (non-hydrogen) atoms. The van der Waals surface area contributed by atoms with Crippen LogP contribution < -0.4 is 5.56 Å². The Labute approximate surface area is 148 Å². The van der Waals surface area contributed by atoms with E-state index >= 15 is 0 Å². The lowest BCUT2D eigenvalue weighted by Gasteiger charge is -2.04. The fourth-order valence-electron chi connectivity index (χ4n) is 2.58. The van der Waals surface area contributed by atoms with Crippen molar-refractivity contribution in [2.75, 3.05) is 0 Å². The molecule has 0 amide bonds. The molecule has 0 fully saturated rings. The van der Waals surface area contributed by atoms with Crippen LogP contribution in [0.15, 0.2) is 59.2 Å². The van der Waals surface area contributed by atoms with Crippen molar-refractivity contribution < 1.29 is 0 Å². The average molecular weight is 346 g/mol. The van der Waals surface area contributed by atoms with Crippen molar-refractivity contribution >= 4 is 28.4 Å². The third-order valence-electron chi connectivity index (χ3n) is 3.91. The van der Waals surface area contributed by atoms with Crippen molar-refractivity contribution in [3.05, 3.63) is 81.6 Å². The largest absolute Gasteiger partial charge is 0.269 e. The smallest absolute Gasteiger partial charge is 0.262 e. The van der Waals surface area contributed by atoms with E-state index in [0.29, 0.717) is 16.2 Å². The van der Waals surface area contributed by atoms with Crippen LogP contribution in [-0.4, -0.2) is 19.4 Å². The van der Waals surface area contributed by atoms with Gasteiger partial charge in [0, 0.05) is 41.3 Å². The molecular formula is C19H14N4OS. The number of hydrogen-bond acceptors (Lipinski definition) is 5. The molecule has 4 heterocycles. The van der Waals surface area contributed by atoms with Gasteiger partial charge >= 0.3 is 0 Å². The summed E-state index contributed by atoms with van der Waals surface area (Å²) >= 11 is 1.45. The maximum atomic E-state index is 12.9. The Bertz CT molecular complexity index is 1110. The summed E-state index contributed by atoms with van der Waals surface area (Å²) in [4.78, 5) is 26.4. The average Bonchev–Trinajstić information content (AvgIpc) is 3.09. The monoisotopic (exact) mass is 346 g/mol. The highest BCUT2D eigenvalue weighted by molar-refractivity contribution is 7.15. The Kier molecular flexibility index (Phi) is 3.95. The van der Waals surface area contributed by atoms with E-state index in [1.165, 1.54) is 11.3 Å². The summed E-state index contributed by atoms with van der Waals surface area (Å²) in [6, 6.07) is 7.62. The first-order chi connectivity index (χ1) is 12.2. The zero-order valence-electron chi connectivity index (χ0n) is 13.5. The molecule has 0 spiro atoms. The summed E-state index contributed by atoms with van der Waals surface area (Å²) in [6.07, 6.45) is 10.7. The minimum atomic E-state index is -0.0593. The molecule has 4 rings (SSSR count). The predicted octanol–water partition coefficient (Wildman–Crippen LogP) is 3.69. The molecule has 5 nitrogen and oxygen atoms in total. The van der Waals surface area contributed by atoms with Crippen LogP contribution >= 0.6 is 11.3 Å². The number of fused-ring (bicyclic) bond motifs is 1. The van der Waals surface area contributed by atoms with Crippen molar-refractivity contribution in [1.82, 2.24) is 19.4 Å². The summed E-state index contributed by atoms with van der Waals surface area (Å²) in [6.45, 7) is 1.80. The maximum Gasteiger partial charge on any atom is 0.262 e. The summed E-state index contributed by atoms with van der Waals surface area (Å²) in [7, 11) is 0. The van der Waals surface area contributed by atoms with Crippen LogP contribution in [0.4, 0.5) is 0 Å². The van der Waals surface area contributed by atoms with E-state index in [-0.39, 0.29) is 5.56 Å². The Morgan fingerprint density at radius 2 is 1.88 bits per heavy atom. The van der Waals surface area contributed by atoms with Crippen LogP contribution in [-0.2, 0) is 0 Å². The second-order valence-electron chi connectivity index (χ2n) is 5.53. The molecule has 0 atom stereocenters. The maximum absolute atomic E-state index is 12.9. The predicted molar refractivity (Wildman–Crippen MR) is 100 cm³/mol. The van der Waals surface area contributed by atoms with E-state index in [2.05, 4.69) is 15.0 Å². The van der Waals surface area contributed by atoms with Crippen LogP contribution in [0.25, 0.3) is 28.4 Å². The number of aromatic nitrogens is 4. The first-order valence-electron chi connectivity index (χ1n) is 7.73. The highest BCUT2D eigenvalue weighted by Crippen LogP contribution is 2.24. The van der Waals surface area contributed by atoms with Gasteiger partial charge in [-0.2, -0.15) is 0 Å². The first kappa shape index (κ1) is 15.4. The Hall–Kier alpha value is -3.12. The standard InChI is InChI=1S/C19H14N4OS/c1-13-16(7-6-14-4-2-8-20-10-14)22-19-23(18(13)24)17(12-25-19)15-5-3-9-21-11-15/h2-12H,1H3/b7-6+. The summed E-state index contributed by atoms with van der Waals surface area (Å²) in [5.74, 6) is 0. The second-order valence-corrected chi connectivity index (χ2v) is 6.36. The van der Waals surface area contributed by atoms with Crippen molar-refractivity contribution in [3.8, 4) is 11.3 Å². The van der Waals surface area contributed by atoms with E-state index in [9.17, 15) is 4.79 Å². The molecule has 0 aliphatic carbocycles. The van der Waals surface area contributed by atoms with Gasteiger partial charge in [-0.25, -0.2) is 4.98 Å². The molecule has 122 valence electrons. The Morgan fingerprint density at radius 1 is 1.08 bits per heavy atom. The van der Waals surface area contributed by atoms with Gasteiger partial charge in [0.25, 0.3) is 5.56 Å². The van der Waals surface area contributed by atoms with Crippen molar-refractivity contribution in [1.29, 1.82) is 0 Å². The number of pyridine rings is 2. The molecule has 0 N–H and O–H groups in total. The minimum Gasteiger partial charge on any atom is -0.269 e. The number of nitrogens with zero attached hydrogens (tertiary/aromatic N) is 4. The van der Waals surface area contributed by atoms with Gasteiger partial charge in [-0.1, -0.05) is 12.1 Å². The van der Waals surface area contributed by atoms with E-state index in [4.69, 9.17) is 0 Å². The summed E-state index contributed by atoms with van der Waals surface area (Å²) in [5.41, 5.74) is 3.91. The lowest BCUT2D eigenvalue weighted by molar-refractivity contribution is 1.04. The Balaban J connectivity index is 1.84. The van der Waals surface area contributed by atoms with Crippen LogP contribution in [0.1, 0.15) is 16.8 Å². The van der Waals surface area contributed by atoms with E-state index in [1.807, 2.05) is 41.8 Å². The second kappa shape index (κ2) is 6.41. The van der Waals surface area contributed by atoms with Crippen LogP contribution in [0, 0.1) is 6.92 Å². The van der Waals surface area contributed by atoms with Crippen molar-refractivity contribution in [3.63, 3.8) is 0 Å². The van der Waals surface area contributed by atoms with E-state index in [1.54, 1.807) is 36.1 Å². The zero-order valence-corrected chi connectivity index (χ0v) is 14.3. The highest BCUT2D eigenvalue weighted by Gasteiger charge is 2.13. The van der Waals surface area contributed by atoms with Gasteiger partial charge < -0.3 is 0 Å². The van der Waals surface area contributed by atoms with Crippen molar-refractivity contribution in [2.45, 2.75) is 6.92 Å². The molecule has 0 saturated heterocycles. The topological polar surface area (TPSA) is 60.1 Å². The molecule has 0 radical (unpaired) electrons. The molecule has 0 aliphatic rings. The van der Waals surface area contributed by atoms with Crippen LogP contribution in [0.5, 0.6) is 0 Å². The number of thiazole rings is 1. The molecular weight excluding hydrogens is 332 g/mol. The van der Waals surface area contributed by atoms with Crippen LogP contribution in [0.2, 0.25) is 0 Å². The molecule has 4 aromatic rings. The number of hydrogen-bond donors (Lipinski definition) is 0. The minimum absolute atomic E-state index is 0.0593. The van der Waals surface area contributed by atoms with Gasteiger partial charge in [-0.15, -0.1) is 11.3 Å². The lowest BCUT2D eigenvalue weighted by atomic mass is 10.2. The third-order valence-corrected chi connectivity index (χ3v) is 4.73. The zero-order chi connectivity index (χ0) is 17.2. The van der Waals surface area contributed by atoms with E-state index < -0.39 is 0 Å². The first-order valence-corrected chi connectivity index (χ1v) is 8.61. The van der Waals surface area contributed by atoms with E-state index in [0.717, 1.165) is 16.8 Å². The third kappa shape index (κ3) is 2.88. The number of rotatable bonds is 3. The van der Waals surface area contributed by atoms with Gasteiger partial charge in [-0.3, -0.25) is 19.2 Å². The molecule has 0 unspecified atom stereocenters. The molecule has 0 aliphatic heterocycles. The van der Waals surface area contributed by atoms with Gasteiger partial charge in [0.05, 0.1) is 11.4 Å². The highest BCUT2D eigenvalue weighted by atomic mass is 32.1. The molecule has 6 heteroatoms. The summed E-state index contributed by atoms with van der Waals surface area (Å²) < 4.78 is 1.65. The molecule has 0 saturated carbocycles. The lowest BCUT2D eigenvalue weighted by Crippen LogP contribution is -2.18. The molecule has 4 aromatic heterocycles. The summed E-state index contributed by atoms with van der Waals surface area (Å²) in [5, 5.41) is 1.94. The van der Waals surface area contributed by atoms with Gasteiger partial charge in [-0.05, 0) is 36.8 Å². The molecule has 0 aromatic carbocycles. The molecule has 0 bridgehead atoms. The fraction of sp³-hybridized carbons (Fsp3) is 0.0526. The van der Waals surface area contributed by atoms with Gasteiger partial charge in [0.2, 0.25) is 0 Å². The van der Waals surface area contributed by atoms with Crippen LogP contribution in [0.3, 0.4) is 0 Å². The van der Waals surface area contributed by atoms with Gasteiger partial charge in [0.1, 0.15) is 0 Å². The fourth-order valence-corrected chi connectivity index (χ4v) is 3.47.